The van der Waals surface area contributed by atoms with Gasteiger partial charge in [0.1, 0.15) is 0 Å². The zero-order valence-electron chi connectivity index (χ0n) is 18.2. The van der Waals surface area contributed by atoms with Crippen molar-refractivity contribution in [3.63, 3.8) is 0 Å². The van der Waals surface area contributed by atoms with Crippen LogP contribution in [0.1, 0.15) is 91.9 Å². The molecular weight excluding hydrogens is 324 g/mol. The van der Waals surface area contributed by atoms with E-state index in [9.17, 15) is 0 Å². The summed E-state index contributed by atoms with van der Waals surface area (Å²) in [7, 11) is 0. The number of rotatable bonds is 1. The first kappa shape index (κ1) is 18.3. The van der Waals surface area contributed by atoms with E-state index in [1.54, 1.807) is 5.57 Å². The van der Waals surface area contributed by atoms with E-state index in [0.717, 1.165) is 23.7 Å². The third-order valence-corrected chi connectivity index (χ3v) is 10.6. The molecular formula is C27H40. The van der Waals surface area contributed by atoms with Gasteiger partial charge in [-0.15, -0.1) is 0 Å². The fourth-order valence-corrected chi connectivity index (χ4v) is 8.73. The van der Waals surface area contributed by atoms with Crippen molar-refractivity contribution in [2.45, 2.75) is 91.9 Å². The fraction of sp³-hybridized carbons (Fsp3) is 0.778. The van der Waals surface area contributed by atoms with Crippen LogP contribution in [0.5, 0.6) is 0 Å². The predicted octanol–water partition coefficient (Wildman–Crippen LogP) is 7.87. The second-order valence-electron chi connectivity index (χ2n) is 11.5. The van der Waals surface area contributed by atoms with Gasteiger partial charge >= 0.3 is 0 Å². The van der Waals surface area contributed by atoms with Gasteiger partial charge in [0.05, 0.1) is 0 Å². The summed E-state index contributed by atoms with van der Waals surface area (Å²) in [6, 6.07) is 0. The lowest BCUT2D eigenvalue weighted by atomic mass is 9.41. The molecule has 5 aliphatic rings. The molecule has 0 aromatic heterocycles. The van der Waals surface area contributed by atoms with Crippen molar-refractivity contribution < 1.29 is 0 Å². The molecule has 0 bridgehead atoms. The van der Waals surface area contributed by atoms with Crippen molar-refractivity contribution >= 4 is 0 Å². The van der Waals surface area contributed by atoms with Gasteiger partial charge in [-0.05, 0) is 110 Å². The Morgan fingerprint density at radius 3 is 2.44 bits per heavy atom. The molecule has 3 fully saturated rings. The van der Waals surface area contributed by atoms with Crippen LogP contribution in [-0.4, -0.2) is 0 Å². The molecule has 0 nitrogen and oxygen atoms in total. The van der Waals surface area contributed by atoms with Gasteiger partial charge in [0.15, 0.2) is 0 Å². The van der Waals surface area contributed by atoms with Gasteiger partial charge in [-0.3, -0.25) is 0 Å². The van der Waals surface area contributed by atoms with Crippen LogP contribution in [-0.2, 0) is 0 Å². The standard InChI is InChI=1S/C27H40/c1-19-12-15-25(2)21(18-19)10-11-24-23(25)14-17-26(3)22(13-16-27(24,26)4)20-8-6-5-7-9-20/h6,8-9,18-19,22-24H,5,7,10-17H2,1-4H3. The summed E-state index contributed by atoms with van der Waals surface area (Å²) in [6.07, 6.45) is 24.3. The lowest BCUT2D eigenvalue weighted by Crippen LogP contribution is -2.55. The topological polar surface area (TPSA) is 0 Å². The monoisotopic (exact) mass is 364 g/mol. The maximum atomic E-state index is 2.72. The lowest BCUT2D eigenvalue weighted by Gasteiger charge is -2.63. The Morgan fingerprint density at radius 1 is 0.852 bits per heavy atom. The minimum Gasteiger partial charge on any atom is -0.0840 e. The zero-order valence-corrected chi connectivity index (χ0v) is 18.2. The maximum Gasteiger partial charge on any atom is -0.00850 e. The summed E-state index contributed by atoms with van der Waals surface area (Å²) in [6.45, 7) is 10.5. The smallest absolute Gasteiger partial charge is 0.00850 e. The SMILES string of the molecule is CC1C=C2CCC3C(CCC4(C)C(C5=CCCC=C5)CCC34C)C2(C)CC1. The Hall–Kier alpha value is -0.780. The minimum atomic E-state index is 0.515. The summed E-state index contributed by atoms with van der Waals surface area (Å²) in [4.78, 5) is 0. The van der Waals surface area contributed by atoms with Crippen LogP contribution >= 0.6 is 0 Å². The third kappa shape index (κ3) is 2.40. The molecule has 3 saturated carbocycles. The minimum absolute atomic E-state index is 0.515. The molecule has 0 heterocycles. The highest BCUT2D eigenvalue weighted by atomic mass is 14.7. The Bertz CT molecular complexity index is 708. The van der Waals surface area contributed by atoms with Gasteiger partial charge in [0.2, 0.25) is 0 Å². The van der Waals surface area contributed by atoms with Crippen LogP contribution in [0.2, 0.25) is 0 Å². The van der Waals surface area contributed by atoms with Crippen LogP contribution in [0.3, 0.4) is 0 Å². The quantitative estimate of drug-likeness (QED) is 0.415. The molecule has 0 amide bonds. The Morgan fingerprint density at radius 2 is 1.67 bits per heavy atom. The molecule has 0 saturated heterocycles. The molecule has 0 heteroatoms. The Kier molecular flexibility index (Phi) is 4.13. The molecule has 0 aromatic carbocycles. The normalized spacial score (nSPS) is 51.7. The molecule has 0 spiro atoms. The van der Waals surface area contributed by atoms with E-state index in [0.29, 0.717) is 16.2 Å². The molecule has 148 valence electrons. The number of fused-ring (bicyclic) bond motifs is 5. The first-order valence-electron chi connectivity index (χ1n) is 12.0. The van der Waals surface area contributed by atoms with E-state index in [1.807, 2.05) is 5.57 Å². The highest BCUT2D eigenvalue weighted by Crippen LogP contribution is 2.73. The van der Waals surface area contributed by atoms with Gasteiger partial charge in [0.25, 0.3) is 0 Å². The van der Waals surface area contributed by atoms with Crippen LogP contribution in [0.4, 0.5) is 0 Å². The molecule has 0 aliphatic heterocycles. The largest absolute Gasteiger partial charge is 0.0840 e. The van der Waals surface area contributed by atoms with E-state index >= 15 is 0 Å². The van der Waals surface area contributed by atoms with Crippen LogP contribution in [0, 0.1) is 39.9 Å². The first-order chi connectivity index (χ1) is 12.9. The molecule has 0 aromatic rings. The Balaban J connectivity index is 1.50. The summed E-state index contributed by atoms with van der Waals surface area (Å²) < 4.78 is 0. The van der Waals surface area contributed by atoms with Crippen molar-refractivity contribution in [2.24, 2.45) is 39.9 Å². The van der Waals surface area contributed by atoms with Crippen molar-refractivity contribution in [2.75, 3.05) is 0 Å². The van der Waals surface area contributed by atoms with Gasteiger partial charge in [0, 0.05) is 0 Å². The average Bonchev–Trinajstić information content (AvgIpc) is 2.94. The molecule has 7 unspecified atom stereocenters. The van der Waals surface area contributed by atoms with E-state index in [-0.39, 0.29) is 0 Å². The lowest BCUT2D eigenvalue weighted by molar-refractivity contribution is -0.108. The van der Waals surface area contributed by atoms with Gasteiger partial charge in [-0.1, -0.05) is 57.6 Å². The van der Waals surface area contributed by atoms with Crippen LogP contribution in [0.15, 0.2) is 35.5 Å². The number of hydrogen-bond donors (Lipinski definition) is 0. The second kappa shape index (κ2) is 6.11. The maximum absolute atomic E-state index is 2.72. The van der Waals surface area contributed by atoms with E-state index in [2.05, 4.69) is 52.0 Å². The van der Waals surface area contributed by atoms with Crippen LogP contribution < -0.4 is 0 Å². The summed E-state index contributed by atoms with van der Waals surface area (Å²) in [5.41, 5.74) is 5.12. The van der Waals surface area contributed by atoms with Crippen molar-refractivity contribution in [1.82, 2.24) is 0 Å². The average molecular weight is 365 g/mol. The van der Waals surface area contributed by atoms with Gasteiger partial charge < -0.3 is 0 Å². The van der Waals surface area contributed by atoms with Crippen molar-refractivity contribution in [1.29, 1.82) is 0 Å². The van der Waals surface area contributed by atoms with E-state index in [4.69, 9.17) is 0 Å². The van der Waals surface area contributed by atoms with Crippen LogP contribution in [0.25, 0.3) is 0 Å². The van der Waals surface area contributed by atoms with E-state index < -0.39 is 0 Å². The molecule has 0 N–H and O–H groups in total. The summed E-state index contributed by atoms with van der Waals surface area (Å²) >= 11 is 0. The fourth-order valence-electron chi connectivity index (χ4n) is 8.73. The second-order valence-corrected chi connectivity index (χ2v) is 11.5. The van der Waals surface area contributed by atoms with Gasteiger partial charge in [-0.25, -0.2) is 0 Å². The first-order valence-corrected chi connectivity index (χ1v) is 12.0. The van der Waals surface area contributed by atoms with Gasteiger partial charge in [-0.2, -0.15) is 0 Å². The molecule has 27 heavy (non-hydrogen) atoms. The highest BCUT2D eigenvalue weighted by Gasteiger charge is 2.64. The van der Waals surface area contributed by atoms with Crippen molar-refractivity contribution in [3.8, 4) is 0 Å². The van der Waals surface area contributed by atoms with E-state index in [1.165, 1.54) is 64.2 Å². The number of allylic oxidation sites excluding steroid dienone is 6. The predicted molar refractivity (Wildman–Crippen MR) is 115 cm³/mol. The highest BCUT2D eigenvalue weighted by molar-refractivity contribution is 5.32. The summed E-state index contributed by atoms with van der Waals surface area (Å²) in [5.74, 6) is 3.52. The summed E-state index contributed by atoms with van der Waals surface area (Å²) in [5, 5.41) is 0. The van der Waals surface area contributed by atoms with Crippen molar-refractivity contribution in [3.05, 3.63) is 35.5 Å². The molecule has 0 radical (unpaired) electrons. The zero-order chi connectivity index (χ0) is 18.9. The Labute approximate surface area is 167 Å². The number of hydrogen-bond acceptors (Lipinski definition) is 0. The molecule has 5 aliphatic carbocycles. The molecule has 7 atom stereocenters. The third-order valence-electron chi connectivity index (χ3n) is 10.6. The molecule has 5 rings (SSSR count).